The van der Waals surface area contributed by atoms with Crippen molar-refractivity contribution in [3.63, 3.8) is 0 Å². The van der Waals surface area contributed by atoms with Crippen LogP contribution in [0.25, 0.3) is 0 Å². The lowest BCUT2D eigenvalue weighted by Crippen LogP contribution is -2.44. The largest absolute Gasteiger partial charge is 0.491 e. The molecule has 7 heteroatoms. The molecule has 0 bridgehead atoms. The van der Waals surface area contributed by atoms with E-state index in [4.69, 9.17) is 18.9 Å². The third-order valence-electron chi connectivity index (χ3n) is 6.77. The minimum absolute atomic E-state index is 0.0240. The van der Waals surface area contributed by atoms with Crippen molar-refractivity contribution >= 4 is 6.09 Å². The number of benzene rings is 2. The van der Waals surface area contributed by atoms with Crippen molar-refractivity contribution in [3.8, 4) is 17.2 Å². The summed E-state index contributed by atoms with van der Waals surface area (Å²) in [5, 5.41) is 0. The molecule has 5 rings (SSSR count). The third-order valence-corrected chi connectivity index (χ3v) is 6.77. The van der Waals surface area contributed by atoms with Gasteiger partial charge in [-0.05, 0) is 62.5 Å². The number of carbonyl (C=O) groups excluding carboxylic acids is 1. The number of rotatable bonds is 8. The molecule has 2 aromatic carbocycles. The van der Waals surface area contributed by atoms with Crippen molar-refractivity contribution in [1.82, 2.24) is 9.80 Å². The number of hydrogen-bond acceptors (Lipinski definition) is 6. The Labute approximate surface area is 195 Å². The maximum absolute atomic E-state index is 12.2. The van der Waals surface area contributed by atoms with Gasteiger partial charge in [-0.25, -0.2) is 4.79 Å². The fourth-order valence-corrected chi connectivity index (χ4v) is 4.83. The predicted molar refractivity (Wildman–Crippen MR) is 124 cm³/mol. The Kier molecular flexibility index (Phi) is 6.86. The number of carbonyl (C=O) groups is 1. The summed E-state index contributed by atoms with van der Waals surface area (Å²) in [7, 11) is 0. The summed E-state index contributed by atoms with van der Waals surface area (Å²) in [6.45, 7) is 5.17. The van der Waals surface area contributed by atoms with Crippen molar-refractivity contribution in [2.45, 2.75) is 31.4 Å². The van der Waals surface area contributed by atoms with E-state index >= 15 is 0 Å². The first-order valence-corrected chi connectivity index (χ1v) is 12.0. The Morgan fingerprint density at radius 3 is 2.48 bits per heavy atom. The number of likely N-dealkylation sites (tertiary alicyclic amines) is 1. The fourth-order valence-electron chi connectivity index (χ4n) is 4.83. The first-order chi connectivity index (χ1) is 16.2. The summed E-state index contributed by atoms with van der Waals surface area (Å²) in [5.74, 6) is 3.11. The van der Waals surface area contributed by atoms with Crippen LogP contribution in [0.15, 0.2) is 54.6 Å². The average Bonchev–Trinajstić information content (AvgIpc) is 3.22. The lowest BCUT2D eigenvalue weighted by Gasteiger charge is -2.36. The number of ether oxygens (including phenoxy) is 4. The molecule has 0 saturated carbocycles. The van der Waals surface area contributed by atoms with Gasteiger partial charge in [0.15, 0.2) is 11.5 Å². The molecule has 2 fully saturated rings. The Morgan fingerprint density at radius 2 is 1.67 bits per heavy atom. The number of cyclic esters (lactones) is 1. The van der Waals surface area contributed by atoms with Gasteiger partial charge in [-0.3, -0.25) is 9.80 Å². The van der Waals surface area contributed by atoms with Crippen molar-refractivity contribution in [3.05, 3.63) is 54.6 Å². The number of amides is 1. The van der Waals surface area contributed by atoms with Gasteiger partial charge in [0.25, 0.3) is 0 Å². The van der Waals surface area contributed by atoms with Crippen LogP contribution in [-0.4, -0.2) is 74.0 Å². The van der Waals surface area contributed by atoms with Crippen LogP contribution in [0.5, 0.6) is 17.2 Å². The second kappa shape index (κ2) is 10.3. The van der Waals surface area contributed by atoms with Crippen LogP contribution in [0.4, 0.5) is 4.79 Å². The summed E-state index contributed by atoms with van der Waals surface area (Å²) >= 11 is 0. The molecule has 0 aromatic heterocycles. The quantitative estimate of drug-likeness (QED) is 0.607. The predicted octanol–water partition coefficient (Wildman–Crippen LogP) is 3.83. The second-order valence-corrected chi connectivity index (χ2v) is 9.08. The van der Waals surface area contributed by atoms with E-state index in [1.54, 1.807) is 0 Å². The van der Waals surface area contributed by atoms with Gasteiger partial charge >= 0.3 is 6.09 Å². The first kappa shape index (κ1) is 21.9. The average molecular weight is 453 g/mol. The minimum atomic E-state index is -0.219. The number of para-hydroxylation sites is 3. The Morgan fingerprint density at radius 1 is 0.909 bits per heavy atom. The molecule has 0 aliphatic carbocycles. The molecule has 0 N–H and O–H groups in total. The van der Waals surface area contributed by atoms with Gasteiger partial charge in [-0.15, -0.1) is 0 Å². The molecule has 3 aliphatic rings. The van der Waals surface area contributed by atoms with E-state index < -0.39 is 0 Å². The van der Waals surface area contributed by atoms with Gasteiger partial charge in [0.1, 0.15) is 37.7 Å². The first-order valence-electron chi connectivity index (χ1n) is 12.0. The highest BCUT2D eigenvalue weighted by Gasteiger charge is 2.34. The van der Waals surface area contributed by atoms with Crippen molar-refractivity contribution < 1.29 is 23.7 Å². The van der Waals surface area contributed by atoms with Gasteiger partial charge in [0, 0.05) is 13.1 Å². The smallest absolute Gasteiger partial charge is 0.410 e. The Hall–Kier alpha value is -2.93. The van der Waals surface area contributed by atoms with Crippen molar-refractivity contribution in [1.29, 1.82) is 0 Å². The van der Waals surface area contributed by atoms with Crippen molar-refractivity contribution in [2.75, 3.05) is 46.0 Å². The second-order valence-electron chi connectivity index (χ2n) is 9.08. The van der Waals surface area contributed by atoms with Crippen LogP contribution in [0.1, 0.15) is 19.3 Å². The minimum Gasteiger partial charge on any atom is -0.491 e. The number of piperidine rings is 1. The number of nitrogens with zero attached hydrogens (tertiary/aromatic N) is 2. The molecule has 0 spiro atoms. The summed E-state index contributed by atoms with van der Waals surface area (Å²) < 4.78 is 23.1. The maximum Gasteiger partial charge on any atom is 0.410 e. The van der Waals surface area contributed by atoms with Crippen LogP contribution in [-0.2, 0) is 4.74 Å². The Balaban J connectivity index is 1.04. The van der Waals surface area contributed by atoms with Crippen LogP contribution in [0.2, 0.25) is 0 Å². The highest BCUT2D eigenvalue weighted by molar-refractivity contribution is 5.70. The highest BCUT2D eigenvalue weighted by Crippen LogP contribution is 2.31. The topological polar surface area (TPSA) is 60.5 Å². The monoisotopic (exact) mass is 452 g/mol. The molecule has 3 heterocycles. The summed E-state index contributed by atoms with van der Waals surface area (Å²) in [6.07, 6.45) is 3.13. The van der Waals surface area contributed by atoms with E-state index in [0.717, 1.165) is 62.7 Å². The van der Waals surface area contributed by atoms with Crippen LogP contribution < -0.4 is 14.2 Å². The van der Waals surface area contributed by atoms with Gasteiger partial charge < -0.3 is 18.9 Å². The lowest BCUT2D eigenvalue weighted by atomic mass is 9.93. The zero-order chi connectivity index (χ0) is 22.5. The summed E-state index contributed by atoms with van der Waals surface area (Å²) in [6, 6.07) is 17.5. The van der Waals surface area contributed by atoms with E-state index in [-0.39, 0.29) is 18.2 Å². The molecule has 0 radical (unpaired) electrons. The van der Waals surface area contributed by atoms with Crippen LogP contribution in [0.3, 0.4) is 0 Å². The standard InChI is InChI=1S/C26H32N2O5/c29-26-28(21(18-32-26)17-30-22-6-2-1-3-7-22)15-12-20-10-13-27(14-11-20)16-23-19-31-24-8-4-5-9-25(24)33-23/h1-9,20-21,23H,10-19H2. The van der Waals surface area contributed by atoms with Gasteiger partial charge in [0.05, 0.1) is 0 Å². The van der Waals surface area contributed by atoms with E-state index in [2.05, 4.69) is 4.90 Å². The number of hydrogen-bond donors (Lipinski definition) is 0. The zero-order valence-electron chi connectivity index (χ0n) is 18.9. The molecular formula is C26H32N2O5. The summed E-state index contributed by atoms with van der Waals surface area (Å²) in [4.78, 5) is 16.6. The van der Waals surface area contributed by atoms with E-state index in [1.165, 1.54) is 0 Å². The van der Waals surface area contributed by atoms with E-state index in [0.29, 0.717) is 25.7 Å². The molecular weight excluding hydrogens is 420 g/mol. The molecule has 3 aliphatic heterocycles. The molecule has 2 unspecified atom stereocenters. The maximum atomic E-state index is 12.2. The summed E-state index contributed by atoms with van der Waals surface area (Å²) in [5.41, 5.74) is 0. The lowest BCUT2D eigenvalue weighted by molar-refractivity contribution is 0.0464. The molecule has 176 valence electrons. The fraction of sp³-hybridized carbons (Fsp3) is 0.500. The molecule has 2 saturated heterocycles. The third kappa shape index (κ3) is 5.53. The van der Waals surface area contributed by atoms with Crippen molar-refractivity contribution in [2.24, 2.45) is 5.92 Å². The molecule has 7 nitrogen and oxygen atoms in total. The number of fused-ring (bicyclic) bond motifs is 1. The van der Waals surface area contributed by atoms with E-state index in [9.17, 15) is 4.79 Å². The molecule has 33 heavy (non-hydrogen) atoms. The SMILES string of the molecule is O=C1OCC(COc2ccccc2)N1CCC1CCN(CC2COc3ccccc3O2)CC1. The molecule has 1 amide bonds. The van der Waals surface area contributed by atoms with Gasteiger partial charge in [-0.2, -0.15) is 0 Å². The van der Waals surface area contributed by atoms with Gasteiger partial charge in [0.2, 0.25) is 0 Å². The molecule has 2 atom stereocenters. The van der Waals surface area contributed by atoms with Gasteiger partial charge in [-0.1, -0.05) is 30.3 Å². The van der Waals surface area contributed by atoms with Crippen LogP contribution in [0, 0.1) is 5.92 Å². The normalized spacial score (nSPS) is 23.4. The Bertz CT molecular complexity index is 916. The molecule has 2 aromatic rings. The highest BCUT2D eigenvalue weighted by atomic mass is 16.6. The zero-order valence-corrected chi connectivity index (χ0v) is 18.9. The van der Waals surface area contributed by atoms with Crippen LogP contribution >= 0.6 is 0 Å². The van der Waals surface area contributed by atoms with E-state index in [1.807, 2.05) is 59.5 Å².